The van der Waals surface area contributed by atoms with Gasteiger partial charge in [-0.25, -0.2) is 0 Å². The molecular formula is C15H24. The van der Waals surface area contributed by atoms with Gasteiger partial charge in [-0.1, -0.05) is 59.5 Å². The van der Waals surface area contributed by atoms with Crippen LogP contribution in [0.2, 0.25) is 0 Å². The summed E-state index contributed by atoms with van der Waals surface area (Å²) < 4.78 is 78.1. The normalized spacial score (nSPS) is 25.3. The third-order valence-corrected chi connectivity index (χ3v) is 2.41. The molecule has 0 atom stereocenters. The molecule has 0 radical (unpaired) electrons. The molecule has 0 saturated heterocycles. The minimum absolute atomic E-state index is 0.0349. The zero-order valence-electron chi connectivity index (χ0n) is 19.7. The first kappa shape index (κ1) is 4.24. The van der Waals surface area contributed by atoms with Crippen molar-refractivity contribution in [3.05, 3.63) is 34.9 Å². The second-order valence-electron chi connectivity index (χ2n) is 4.68. The first-order valence-electron chi connectivity index (χ1n) is 9.90. The fourth-order valence-electron chi connectivity index (χ4n) is 1.45. The lowest BCUT2D eigenvalue weighted by molar-refractivity contribution is 0.566. The van der Waals surface area contributed by atoms with E-state index in [1.165, 1.54) is 32.9 Å². The molecular weight excluding hydrogens is 180 g/mol. The van der Waals surface area contributed by atoms with Crippen LogP contribution in [0.4, 0.5) is 0 Å². The highest BCUT2D eigenvalue weighted by atomic mass is 14.2. The summed E-state index contributed by atoms with van der Waals surface area (Å²) in [5, 5.41) is 0. The second kappa shape index (κ2) is 3.66. The average Bonchev–Trinajstić information content (AvgIpc) is 2.36. The van der Waals surface area contributed by atoms with Gasteiger partial charge < -0.3 is 0 Å². The standard InChI is InChI=1S/C15H24/c1-11-8-9-12(14(2,3)4)10-13(11)15(5,6)7/h8-10H,1-7H3/i2D3,5D3,6D3,8D. The Morgan fingerprint density at radius 1 is 1.13 bits per heavy atom. The van der Waals surface area contributed by atoms with Crippen molar-refractivity contribution in [2.24, 2.45) is 0 Å². The van der Waals surface area contributed by atoms with Gasteiger partial charge in [-0.3, -0.25) is 0 Å². The maximum atomic E-state index is 8.12. The molecule has 0 heteroatoms. The first-order valence-corrected chi connectivity index (χ1v) is 4.90. The molecule has 15 heavy (non-hydrogen) atoms. The van der Waals surface area contributed by atoms with E-state index in [1.807, 2.05) is 0 Å². The van der Waals surface area contributed by atoms with Gasteiger partial charge in [-0.05, 0) is 34.4 Å². The van der Waals surface area contributed by atoms with E-state index < -0.39 is 31.4 Å². The highest BCUT2D eigenvalue weighted by Gasteiger charge is 2.20. The number of benzene rings is 1. The third kappa shape index (κ3) is 2.84. The van der Waals surface area contributed by atoms with Gasteiger partial charge in [0.25, 0.3) is 0 Å². The molecule has 0 aromatic heterocycles. The van der Waals surface area contributed by atoms with Crippen molar-refractivity contribution >= 4 is 0 Å². The molecule has 0 heterocycles. The number of hydrogen-bond acceptors (Lipinski definition) is 0. The zero-order chi connectivity index (χ0) is 20.2. The molecule has 0 saturated carbocycles. The fourth-order valence-corrected chi connectivity index (χ4v) is 1.45. The van der Waals surface area contributed by atoms with Gasteiger partial charge in [0.15, 0.2) is 0 Å². The van der Waals surface area contributed by atoms with Crippen LogP contribution in [0.15, 0.2) is 18.2 Å². The summed E-state index contributed by atoms with van der Waals surface area (Å²) in [6.07, 6.45) is 0. The van der Waals surface area contributed by atoms with Crippen LogP contribution < -0.4 is 0 Å². The highest BCUT2D eigenvalue weighted by Crippen LogP contribution is 2.30. The van der Waals surface area contributed by atoms with Gasteiger partial charge in [0.1, 0.15) is 0 Å². The molecule has 0 amide bonds. The third-order valence-electron chi connectivity index (χ3n) is 2.41. The molecule has 0 bridgehead atoms. The second-order valence-corrected chi connectivity index (χ2v) is 4.68. The van der Waals surface area contributed by atoms with Crippen LogP contribution in [0.5, 0.6) is 0 Å². The van der Waals surface area contributed by atoms with E-state index in [1.54, 1.807) is 0 Å². The van der Waals surface area contributed by atoms with Crippen molar-refractivity contribution in [2.75, 3.05) is 0 Å². The van der Waals surface area contributed by atoms with E-state index >= 15 is 0 Å². The first-order chi connectivity index (χ1) is 10.8. The fraction of sp³-hybridized carbons (Fsp3) is 0.600. The van der Waals surface area contributed by atoms with Gasteiger partial charge in [0.2, 0.25) is 0 Å². The summed E-state index contributed by atoms with van der Waals surface area (Å²) in [6.45, 7) is -2.58. The molecule has 0 nitrogen and oxygen atoms in total. The Bertz CT molecular complexity index is 632. The maximum Gasteiger partial charge on any atom is 0.0626 e. The van der Waals surface area contributed by atoms with Gasteiger partial charge in [0.05, 0.1) is 1.37 Å². The van der Waals surface area contributed by atoms with Gasteiger partial charge in [-0.2, -0.15) is 0 Å². The Kier molecular flexibility index (Phi) is 1.03. The molecule has 1 aromatic carbocycles. The SMILES string of the molecule is [2H]c1cc(C(C)(C)C([2H])([2H])[2H])cc(C(C)(C([2H])([2H])[2H])C([2H])([2H])[2H])c1C. The Morgan fingerprint density at radius 2 is 1.73 bits per heavy atom. The Morgan fingerprint density at radius 3 is 2.27 bits per heavy atom. The summed E-state index contributed by atoms with van der Waals surface area (Å²) in [5.74, 6) is 0. The zero-order valence-corrected chi connectivity index (χ0v) is 9.65. The van der Waals surface area contributed by atoms with Gasteiger partial charge >= 0.3 is 0 Å². The maximum absolute atomic E-state index is 8.12. The summed E-state index contributed by atoms with van der Waals surface area (Å²) in [7, 11) is 0. The summed E-state index contributed by atoms with van der Waals surface area (Å²) in [4.78, 5) is 0. The van der Waals surface area contributed by atoms with Crippen LogP contribution in [0.25, 0.3) is 0 Å². The van der Waals surface area contributed by atoms with Crippen LogP contribution >= 0.6 is 0 Å². The minimum atomic E-state index is -2.86. The van der Waals surface area contributed by atoms with Crippen LogP contribution in [0.1, 0.15) is 71.7 Å². The number of rotatable bonds is 0. The lowest BCUT2D eigenvalue weighted by atomic mass is 9.79. The molecule has 0 spiro atoms. The quantitative estimate of drug-likeness (QED) is 0.592. The molecule has 1 aromatic rings. The van der Waals surface area contributed by atoms with E-state index in [9.17, 15) is 0 Å². The predicted molar refractivity (Wildman–Crippen MR) is 68.6 cm³/mol. The molecule has 0 aliphatic rings. The molecule has 0 aliphatic heterocycles. The van der Waals surface area contributed by atoms with E-state index in [0.717, 1.165) is 6.92 Å². The van der Waals surface area contributed by atoms with E-state index in [4.69, 9.17) is 13.7 Å². The van der Waals surface area contributed by atoms with Crippen molar-refractivity contribution in [2.45, 2.75) is 59.1 Å². The molecule has 0 N–H and O–H groups in total. The molecule has 84 valence electrons. The summed E-state index contributed by atoms with van der Waals surface area (Å²) in [5.41, 5.74) is -3.18. The van der Waals surface area contributed by atoms with Gasteiger partial charge in [-0.15, -0.1) is 0 Å². The molecule has 0 fully saturated rings. The van der Waals surface area contributed by atoms with Crippen molar-refractivity contribution < 1.29 is 13.7 Å². The van der Waals surface area contributed by atoms with Crippen molar-refractivity contribution in [3.8, 4) is 0 Å². The smallest absolute Gasteiger partial charge is 0.0587 e. The van der Waals surface area contributed by atoms with E-state index in [-0.39, 0.29) is 22.7 Å². The molecule has 0 unspecified atom stereocenters. The minimum Gasteiger partial charge on any atom is -0.0587 e. The molecule has 0 aliphatic carbocycles. The monoisotopic (exact) mass is 214 g/mol. The van der Waals surface area contributed by atoms with Crippen LogP contribution in [-0.2, 0) is 10.8 Å². The average molecular weight is 214 g/mol. The summed E-state index contributed by atoms with van der Waals surface area (Å²) in [6, 6.07) is 2.62. The van der Waals surface area contributed by atoms with Crippen molar-refractivity contribution in [3.63, 3.8) is 0 Å². The van der Waals surface area contributed by atoms with Crippen LogP contribution in [-0.4, -0.2) is 0 Å². The lowest BCUT2D eigenvalue weighted by Gasteiger charge is -2.26. The molecule has 1 rings (SSSR count). The Labute approximate surface area is 109 Å². The topological polar surface area (TPSA) is 0 Å². The summed E-state index contributed by atoms with van der Waals surface area (Å²) >= 11 is 0. The number of hydrogen-bond donors (Lipinski definition) is 0. The highest BCUT2D eigenvalue weighted by molar-refractivity contribution is 5.38. The Hall–Kier alpha value is -0.780. The van der Waals surface area contributed by atoms with Crippen molar-refractivity contribution in [1.82, 2.24) is 0 Å². The van der Waals surface area contributed by atoms with Crippen molar-refractivity contribution in [1.29, 1.82) is 0 Å². The Balaban J connectivity index is 3.89. The van der Waals surface area contributed by atoms with Crippen LogP contribution in [0, 0.1) is 6.92 Å². The largest absolute Gasteiger partial charge is 0.0626 e. The van der Waals surface area contributed by atoms with E-state index in [0.29, 0.717) is 0 Å². The lowest BCUT2D eigenvalue weighted by Crippen LogP contribution is -2.17. The predicted octanol–water partition coefficient (Wildman–Crippen LogP) is 4.59. The van der Waals surface area contributed by atoms with Crippen LogP contribution in [0.3, 0.4) is 0 Å². The van der Waals surface area contributed by atoms with Gasteiger partial charge in [0, 0.05) is 12.3 Å². The van der Waals surface area contributed by atoms with E-state index in [2.05, 4.69) is 0 Å².